The Kier molecular flexibility index (Phi) is 4.57. The van der Waals surface area contributed by atoms with Crippen LogP contribution < -0.4 is 0 Å². The number of hydrogen-bond donors (Lipinski definition) is 0. The Bertz CT molecular complexity index is 307. The summed E-state index contributed by atoms with van der Waals surface area (Å²) in [6.45, 7) is 5.43. The predicted octanol–water partition coefficient (Wildman–Crippen LogP) is 3.38. The average molecular weight is 203 g/mol. The second-order valence-electron chi connectivity index (χ2n) is 4.49. The monoisotopic (exact) mass is 203 g/mol. The van der Waals surface area contributed by atoms with Crippen LogP contribution in [0.3, 0.4) is 0 Å². The molecule has 0 unspecified atom stereocenters. The third-order valence-electron chi connectivity index (χ3n) is 2.38. The van der Waals surface area contributed by atoms with Gasteiger partial charge >= 0.3 is 0 Å². The SMILES string of the molecule is CC(C)c1ccc(/C=C\CN(C)C)cc1. The van der Waals surface area contributed by atoms with Crippen molar-refractivity contribution in [1.29, 1.82) is 0 Å². The van der Waals surface area contributed by atoms with Crippen molar-refractivity contribution in [2.24, 2.45) is 0 Å². The molecule has 0 bridgehead atoms. The second kappa shape index (κ2) is 5.72. The van der Waals surface area contributed by atoms with Crippen LogP contribution in [0, 0.1) is 0 Å². The fourth-order valence-corrected chi connectivity index (χ4v) is 1.39. The lowest BCUT2D eigenvalue weighted by atomic mass is 10.0. The molecule has 1 aromatic carbocycles. The zero-order valence-corrected chi connectivity index (χ0v) is 10.2. The molecule has 0 atom stereocenters. The van der Waals surface area contributed by atoms with E-state index in [4.69, 9.17) is 0 Å². The lowest BCUT2D eigenvalue weighted by Crippen LogP contribution is -2.10. The topological polar surface area (TPSA) is 3.24 Å². The number of hydrogen-bond acceptors (Lipinski definition) is 1. The van der Waals surface area contributed by atoms with E-state index in [1.54, 1.807) is 0 Å². The van der Waals surface area contributed by atoms with Gasteiger partial charge in [-0.1, -0.05) is 50.3 Å². The summed E-state index contributed by atoms with van der Waals surface area (Å²) >= 11 is 0. The molecule has 0 N–H and O–H groups in total. The molecule has 0 aliphatic heterocycles. The van der Waals surface area contributed by atoms with E-state index in [0.717, 1.165) is 6.54 Å². The molecule has 0 radical (unpaired) electrons. The van der Waals surface area contributed by atoms with Crippen molar-refractivity contribution in [2.75, 3.05) is 20.6 Å². The highest BCUT2D eigenvalue weighted by Gasteiger charge is 1.96. The largest absolute Gasteiger partial charge is 0.306 e. The first kappa shape index (κ1) is 12.0. The summed E-state index contributed by atoms with van der Waals surface area (Å²) in [5.41, 5.74) is 2.68. The minimum atomic E-state index is 0.616. The van der Waals surface area contributed by atoms with Crippen LogP contribution in [0.2, 0.25) is 0 Å². The number of rotatable bonds is 4. The van der Waals surface area contributed by atoms with Gasteiger partial charge in [-0.3, -0.25) is 0 Å². The zero-order valence-electron chi connectivity index (χ0n) is 10.2. The zero-order chi connectivity index (χ0) is 11.3. The van der Waals surface area contributed by atoms with Crippen LogP contribution in [0.1, 0.15) is 30.9 Å². The first-order valence-corrected chi connectivity index (χ1v) is 5.51. The van der Waals surface area contributed by atoms with Crippen LogP contribution >= 0.6 is 0 Å². The van der Waals surface area contributed by atoms with E-state index in [1.165, 1.54) is 11.1 Å². The van der Waals surface area contributed by atoms with E-state index in [0.29, 0.717) is 5.92 Å². The van der Waals surface area contributed by atoms with Gasteiger partial charge in [0.2, 0.25) is 0 Å². The van der Waals surface area contributed by atoms with Crippen molar-refractivity contribution in [3.63, 3.8) is 0 Å². The van der Waals surface area contributed by atoms with Crippen LogP contribution in [-0.2, 0) is 0 Å². The Hall–Kier alpha value is -1.08. The molecular weight excluding hydrogens is 182 g/mol. The van der Waals surface area contributed by atoms with Gasteiger partial charge in [-0.05, 0) is 31.1 Å². The third kappa shape index (κ3) is 4.30. The van der Waals surface area contributed by atoms with E-state index < -0.39 is 0 Å². The van der Waals surface area contributed by atoms with E-state index in [2.05, 4.69) is 69.3 Å². The number of likely N-dealkylation sites (N-methyl/N-ethyl adjacent to an activating group) is 1. The Labute approximate surface area is 93.4 Å². The van der Waals surface area contributed by atoms with Crippen molar-refractivity contribution in [2.45, 2.75) is 19.8 Å². The molecule has 0 heterocycles. The highest BCUT2D eigenvalue weighted by atomic mass is 15.0. The summed E-state index contributed by atoms with van der Waals surface area (Å²) in [6.07, 6.45) is 4.36. The molecule has 0 amide bonds. The van der Waals surface area contributed by atoms with Crippen molar-refractivity contribution in [3.8, 4) is 0 Å². The maximum atomic E-state index is 2.22. The molecular formula is C14H21N. The van der Waals surface area contributed by atoms with E-state index in [1.807, 2.05) is 0 Å². The van der Waals surface area contributed by atoms with Gasteiger partial charge in [0.25, 0.3) is 0 Å². The molecule has 82 valence electrons. The normalized spacial score (nSPS) is 11.9. The summed E-state index contributed by atoms with van der Waals surface area (Å²) in [7, 11) is 4.15. The first-order valence-electron chi connectivity index (χ1n) is 5.51. The van der Waals surface area contributed by atoms with Crippen LogP contribution in [-0.4, -0.2) is 25.5 Å². The molecule has 1 nitrogen and oxygen atoms in total. The number of benzene rings is 1. The van der Waals surface area contributed by atoms with Crippen molar-refractivity contribution < 1.29 is 0 Å². The van der Waals surface area contributed by atoms with Gasteiger partial charge in [0.15, 0.2) is 0 Å². The molecule has 1 aromatic rings. The van der Waals surface area contributed by atoms with Crippen LogP contribution in [0.25, 0.3) is 6.08 Å². The lowest BCUT2D eigenvalue weighted by molar-refractivity contribution is 0.457. The molecule has 1 rings (SSSR count). The van der Waals surface area contributed by atoms with Gasteiger partial charge in [-0.25, -0.2) is 0 Å². The Morgan fingerprint density at radius 2 is 1.73 bits per heavy atom. The fraction of sp³-hybridized carbons (Fsp3) is 0.429. The van der Waals surface area contributed by atoms with Gasteiger partial charge in [0.1, 0.15) is 0 Å². The maximum absolute atomic E-state index is 2.22. The summed E-state index contributed by atoms with van der Waals surface area (Å²) in [5, 5.41) is 0. The van der Waals surface area contributed by atoms with Crippen molar-refractivity contribution in [3.05, 3.63) is 41.5 Å². The molecule has 15 heavy (non-hydrogen) atoms. The van der Waals surface area contributed by atoms with Crippen LogP contribution in [0.15, 0.2) is 30.3 Å². The second-order valence-corrected chi connectivity index (χ2v) is 4.49. The highest BCUT2D eigenvalue weighted by Crippen LogP contribution is 2.15. The molecule has 0 aromatic heterocycles. The van der Waals surface area contributed by atoms with Gasteiger partial charge in [-0.15, -0.1) is 0 Å². The van der Waals surface area contributed by atoms with Gasteiger partial charge in [0, 0.05) is 6.54 Å². The quantitative estimate of drug-likeness (QED) is 0.725. The van der Waals surface area contributed by atoms with Crippen LogP contribution in [0.4, 0.5) is 0 Å². The minimum Gasteiger partial charge on any atom is -0.306 e. The van der Waals surface area contributed by atoms with Gasteiger partial charge in [0.05, 0.1) is 0 Å². The maximum Gasteiger partial charge on any atom is 0.0160 e. The average Bonchev–Trinajstić information content (AvgIpc) is 2.18. The molecule has 1 heteroatoms. The standard InChI is InChI=1S/C14H21N/c1-12(2)14-9-7-13(8-10-14)6-5-11-15(3)4/h5-10,12H,11H2,1-4H3/b6-5-. The van der Waals surface area contributed by atoms with E-state index in [9.17, 15) is 0 Å². The molecule has 0 fully saturated rings. The van der Waals surface area contributed by atoms with E-state index >= 15 is 0 Å². The fourth-order valence-electron chi connectivity index (χ4n) is 1.39. The molecule has 0 spiro atoms. The Balaban J connectivity index is 2.60. The number of nitrogens with zero attached hydrogens (tertiary/aromatic N) is 1. The smallest absolute Gasteiger partial charge is 0.0160 e. The van der Waals surface area contributed by atoms with Crippen molar-refractivity contribution >= 4 is 6.08 Å². The Morgan fingerprint density at radius 3 is 2.20 bits per heavy atom. The lowest BCUT2D eigenvalue weighted by Gasteiger charge is -2.05. The van der Waals surface area contributed by atoms with Gasteiger partial charge in [-0.2, -0.15) is 0 Å². The minimum absolute atomic E-state index is 0.616. The Morgan fingerprint density at radius 1 is 1.13 bits per heavy atom. The molecule has 0 aliphatic carbocycles. The van der Waals surface area contributed by atoms with E-state index in [-0.39, 0.29) is 0 Å². The van der Waals surface area contributed by atoms with Crippen molar-refractivity contribution in [1.82, 2.24) is 4.90 Å². The first-order chi connectivity index (χ1) is 7.09. The third-order valence-corrected chi connectivity index (χ3v) is 2.38. The molecule has 0 aliphatic rings. The summed E-state index contributed by atoms with van der Waals surface area (Å²) in [6, 6.07) is 8.78. The molecule has 0 saturated heterocycles. The van der Waals surface area contributed by atoms with Crippen LogP contribution in [0.5, 0.6) is 0 Å². The summed E-state index contributed by atoms with van der Waals surface area (Å²) in [5.74, 6) is 0.616. The summed E-state index contributed by atoms with van der Waals surface area (Å²) < 4.78 is 0. The molecule has 0 saturated carbocycles. The highest BCUT2D eigenvalue weighted by molar-refractivity contribution is 5.50. The summed E-state index contributed by atoms with van der Waals surface area (Å²) in [4.78, 5) is 2.15. The van der Waals surface area contributed by atoms with Gasteiger partial charge < -0.3 is 4.90 Å². The predicted molar refractivity (Wildman–Crippen MR) is 68.1 cm³/mol.